The monoisotopic (exact) mass is 579 g/mol. The number of rotatable bonds is 9. The van der Waals surface area contributed by atoms with Crippen molar-refractivity contribution in [1.29, 1.82) is 0 Å². The summed E-state index contributed by atoms with van der Waals surface area (Å²) in [5.41, 5.74) is 2.20. The van der Waals surface area contributed by atoms with Crippen molar-refractivity contribution in [2.75, 3.05) is 61.5 Å². The lowest BCUT2D eigenvalue weighted by molar-refractivity contribution is -0.111. The van der Waals surface area contributed by atoms with E-state index in [2.05, 4.69) is 51.1 Å². The minimum atomic E-state index is -0.915. The second-order valence-electron chi connectivity index (χ2n) is 10.4. The number of hydrogen-bond acceptors (Lipinski definition) is 9. The van der Waals surface area contributed by atoms with Gasteiger partial charge in [-0.2, -0.15) is 0 Å². The molecule has 0 spiro atoms. The number of amides is 1. The number of aromatic nitrogens is 2. The molecule has 5 rings (SSSR count). The number of piperidine rings is 1. The maximum absolute atomic E-state index is 14.6. The lowest BCUT2D eigenvalue weighted by atomic mass is 10.0. The molecule has 2 aliphatic rings. The van der Waals surface area contributed by atoms with E-state index in [1.54, 1.807) is 25.3 Å². The van der Waals surface area contributed by atoms with Gasteiger partial charge in [-0.3, -0.25) is 9.63 Å². The highest BCUT2D eigenvalue weighted by molar-refractivity contribution is 6.02. The minimum Gasteiger partial charge on any atom is -0.494 e. The van der Waals surface area contributed by atoms with Crippen molar-refractivity contribution in [3.63, 3.8) is 0 Å². The van der Waals surface area contributed by atoms with Crippen LogP contribution in [-0.2, 0) is 9.63 Å². The fraction of sp³-hybridized carbons (Fsp3) is 0.367. The van der Waals surface area contributed by atoms with Gasteiger partial charge in [-0.1, -0.05) is 18.7 Å². The average molecular weight is 580 g/mol. The van der Waals surface area contributed by atoms with Crippen LogP contribution in [0.4, 0.5) is 37.5 Å². The Morgan fingerprint density at radius 2 is 1.93 bits per heavy atom. The standard InChI is InChI=1S/C30H35F2N7O3/c1-5-29(40)36-22-15-23(26(41-4)16-25(22)38-12-9-19(10-13-38)37(2)3)35-27-17-28(34-18-33-27)39-24(11-14-42-39)20-7-6-8-21(31)30(20)32/h5-8,15-19,24H,1,9-14H2,2-4H3,(H,36,40)(H,33,34,35)/t24-/m1/s1. The number of nitrogens with zero attached hydrogens (tertiary/aromatic N) is 5. The Bertz CT molecular complexity index is 1450. The number of hydroxylamine groups is 1. The SMILES string of the molecule is C=CC(=O)Nc1cc(Nc2cc(N3OCC[C@@H]3c3cccc(F)c3F)ncn2)c(OC)cc1N1CCC(N(C)C)CC1. The number of halogens is 2. The lowest BCUT2D eigenvalue weighted by Gasteiger charge is -2.37. The second kappa shape index (κ2) is 12.7. The van der Waals surface area contributed by atoms with Gasteiger partial charge in [-0.05, 0) is 45.1 Å². The number of ether oxygens (including phenoxy) is 1. The zero-order valence-electron chi connectivity index (χ0n) is 23.9. The molecule has 0 radical (unpaired) electrons. The number of nitrogens with one attached hydrogen (secondary N) is 2. The van der Waals surface area contributed by atoms with E-state index in [1.165, 1.54) is 23.5 Å². The summed E-state index contributed by atoms with van der Waals surface area (Å²) in [5, 5.41) is 7.65. The van der Waals surface area contributed by atoms with Crippen molar-refractivity contribution in [3.8, 4) is 5.75 Å². The molecule has 1 atom stereocenters. The molecule has 42 heavy (non-hydrogen) atoms. The van der Waals surface area contributed by atoms with Gasteiger partial charge in [0.25, 0.3) is 0 Å². The Labute approximate surface area is 243 Å². The van der Waals surface area contributed by atoms with Gasteiger partial charge in [-0.25, -0.2) is 23.8 Å². The van der Waals surface area contributed by atoms with E-state index < -0.39 is 17.7 Å². The maximum atomic E-state index is 14.6. The van der Waals surface area contributed by atoms with Crippen LogP contribution in [0.1, 0.15) is 30.9 Å². The van der Waals surface area contributed by atoms with Gasteiger partial charge >= 0.3 is 0 Å². The molecule has 0 saturated carbocycles. The summed E-state index contributed by atoms with van der Waals surface area (Å²) < 4.78 is 34.3. The van der Waals surface area contributed by atoms with E-state index in [9.17, 15) is 13.6 Å². The summed E-state index contributed by atoms with van der Waals surface area (Å²) >= 11 is 0. The van der Waals surface area contributed by atoms with Gasteiger partial charge in [0, 0.05) is 43.2 Å². The van der Waals surface area contributed by atoms with Crippen LogP contribution in [0.5, 0.6) is 5.75 Å². The van der Waals surface area contributed by atoms with Crippen LogP contribution in [0.2, 0.25) is 0 Å². The minimum absolute atomic E-state index is 0.190. The summed E-state index contributed by atoms with van der Waals surface area (Å²) in [6.07, 6.45) is 5.03. The normalized spacial score (nSPS) is 17.4. The van der Waals surface area contributed by atoms with Crippen LogP contribution >= 0.6 is 0 Å². The lowest BCUT2D eigenvalue weighted by Crippen LogP contribution is -2.42. The summed E-state index contributed by atoms with van der Waals surface area (Å²) in [6, 6.07) is 9.38. The first-order valence-electron chi connectivity index (χ1n) is 13.8. The molecular weight excluding hydrogens is 544 g/mol. The van der Waals surface area contributed by atoms with E-state index in [-0.39, 0.29) is 11.5 Å². The molecule has 0 unspecified atom stereocenters. The van der Waals surface area contributed by atoms with Crippen LogP contribution in [0.3, 0.4) is 0 Å². The fourth-order valence-corrected chi connectivity index (χ4v) is 5.43. The zero-order chi connectivity index (χ0) is 29.8. The third-order valence-electron chi connectivity index (χ3n) is 7.68. The van der Waals surface area contributed by atoms with Crippen LogP contribution in [-0.4, -0.2) is 67.7 Å². The third-order valence-corrected chi connectivity index (χ3v) is 7.68. The first-order chi connectivity index (χ1) is 20.3. The first kappa shape index (κ1) is 29.2. The summed E-state index contributed by atoms with van der Waals surface area (Å²) in [5.74, 6) is -0.821. The van der Waals surface area contributed by atoms with E-state index in [4.69, 9.17) is 9.57 Å². The Morgan fingerprint density at radius 1 is 1.14 bits per heavy atom. The molecule has 0 aliphatic carbocycles. The average Bonchev–Trinajstić information content (AvgIpc) is 3.49. The molecule has 2 saturated heterocycles. The highest BCUT2D eigenvalue weighted by atomic mass is 19.2. The number of hydrogen-bond donors (Lipinski definition) is 2. The van der Waals surface area contributed by atoms with E-state index in [1.807, 2.05) is 6.07 Å². The Balaban J connectivity index is 1.43. The summed E-state index contributed by atoms with van der Waals surface area (Å²) in [7, 11) is 5.76. The largest absolute Gasteiger partial charge is 0.494 e. The van der Waals surface area contributed by atoms with Crippen LogP contribution < -0.4 is 25.3 Å². The molecule has 222 valence electrons. The molecule has 3 heterocycles. The predicted molar refractivity (Wildman–Crippen MR) is 158 cm³/mol. The van der Waals surface area contributed by atoms with Gasteiger partial charge < -0.3 is 25.2 Å². The second-order valence-corrected chi connectivity index (χ2v) is 10.4. The molecule has 2 fully saturated rings. The smallest absolute Gasteiger partial charge is 0.247 e. The van der Waals surface area contributed by atoms with E-state index >= 15 is 0 Å². The van der Waals surface area contributed by atoms with Gasteiger partial charge in [0.2, 0.25) is 5.91 Å². The molecule has 2 aliphatic heterocycles. The van der Waals surface area contributed by atoms with E-state index in [0.717, 1.165) is 37.7 Å². The fourth-order valence-electron chi connectivity index (χ4n) is 5.43. The Hall–Kier alpha value is -4.29. The third kappa shape index (κ3) is 6.14. The molecule has 2 aromatic carbocycles. The summed E-state index contributed by atoms with van der Waals surface area (Å²) in [6.45, 7) is 5.56. The van der Waals surface area contributed by atoms with Crippen molar-refractivity contribution in [2.24, 2.45) is 0 Å². The topological polar surface area (TPSA) is 95.1 Å². The van der Waals surface area contributed by atoms with E-state index in [0.29, 0.717) is 47.8 Å². The van der Waals surface area contributed by atoms with Crippen molar-refractivity contribution in [1.82, 2.24) is 14.9 Å². The van der Waals surface area contributed by atoms with Crippen molar-refractivity contribution >= 4 is 34.6 Å². The quantitative estimate of drug-likeness (QED) is 0.338. The molecule has 2 N–H and O–H groups in total. The highest BCUT2D eigenvalue weighted by Crippen LogP contribution is 2.40. The first-order valence-corrected chi connectivity index (χ1v) is 13.8. The van der Waals surface area contributed by atoms with Gasteiger partial charge in [0.15, 0.2) is 17.5 Å². The van der Waals surface area contributed by atoms with Gasteiger partial charge in [-0.15, -0.1) is 0 Å². The molecule has 3 aromatic rings. The molecule has 10 nitrogen and oxygen atoms in total. The zero-order valence-corrected chi connectivity index (χ0v) is 23.9. The number of anilines is 5. The van der Waals surface area contributed by atoms with Crippen LogP contribution in [0.15, 0.2) is 55.4 Å². The molecular formula is C30H35F2N7O3. The molecule has 12 heteroatoms. The van der Waals surface area contributed by atoms with Crippen molar-refractivity contribution in [3.05, 3.63) is 72.6 Å². The number of carbonyl (C=O) groups is 1. The van der Waals surface area contributed by atoms with Crippen LogP contribution in [0, 0.1) is 11.6 Å². The highest BCUT2D eigenvalue weighted by Gasteiger charge is 2.32. The Morgan fingerprint density at radius 3 is 2.64 bits per heavy atom. The maximum Gasteiger partial charge on any atom is 0.247 e. The van der Waals surface area contributed by atoms with Crippen molar-refractivity contribution in [2.45, 2.75) is 31.3 Å². The number of methoxy groups -OCH3 is 1. The predicted octanol–water partition coefficient (Wildman–Crippen LogP) is 5.04. The van der Waals surface area contributed by atoms with Crippen LogP contribution in [0.25, 0.3) is 0 Å². The summed E-state index contributed by atoms with van der Waals surface area (Å²) in [4.78, 5) is 31.3. The number of carbonyl (C=O) groups excluding carboxylic acids is 1. The van der Waals surface area contributed by atoms with Gasteiger partial charge in [0.1, 0.15) is 17.9 Å². The van der Waals surface area contributed by atoms with Gasteiger partial charge in [0.05, 0.1) is 36.8 Å². The Kier molecular flexibility index (Phi) is 8.83. The molecule has 1 aromatic heterocycles. The van der Waals surface area contributed by atoms with Crippen molar-refractivity contribution < 1.29 is 23.1 Å². The molecule has 1 amide bonds. The number of benzene rings is 2. The molecule has 0 bridgehead atoms.